The molecule has 0 spiro atoms. The Labute approximate surface area is 161 Å². The number of carbonyl (C=O) groups is 2. The number of ether oxygens (including phenoxy) is 1. The molecule has 2 bridgehead atoms. The minimum absolute atomic E-state index is 0.00880. The molecule has 1 aromatic rings. The average molecular weight is 415 g/mol. The lowest BCUT2D eigenvalue weighted by Gasteiger charge is -2.36. The van der Waals surface area contributed by atoms with Crippen LogP contribution in [0.15, 0.2) is 12.1 Å². The monoisotopic (exact) mass is 415 g/mol. The first kappa shape index (κ1) is 18.9. The number of amides is 2. The van der Waals surface area contributed by atoms with E-state index in [9.17, 15) is 22.6 Å². The van der Waals surface area contributed by atoms with Crippen molar-refractivity contribution < 1.29 is 32.4 Å². The highest BCUT2D eigenvalue weighted by Crippen LogP contribution is 2.39. The summed E-state index contributed by atoms with van der Waals surface area (Å²) in [6.07, 6.45) is -1.31. The van der Waals surface area contributed by atoms with E-state index in [0.29, 0.717) is 11.5 Å². The second-order valence-corrected chi connectivity index (χ2v) is 8.67. The van der Waals surface area contributed by atoms with Gasteiger partial charge in [-0.05, 0) is 12.8 Å². The van der Waals surface area contributed by atoms with Gasteiger partial charge in [0, 0.05) is 46.5 Å². The number of halogens is 2. The normalized spacial score (nSPS) is 29.1. The largest absolute Gasteiger partial charge is 0.465 e. The fourth-order valence-corrected chi connectivity index (χ4v) is 5.79. The second-order valence-electron chi connectivity index (χ2n) is 7.13. The van der Waals surface area contributed by atoms with Gasteiger partial charge in [-0.15, -0.1) is 0 Å². The molecule has 2 amide bonds. The number of benzene rings is 1. The fourth-order valence-electron chi connectivity index (χ4n) is 4.15. The maximum Gasteiger partial charge on any atom is 0.414 e. The first-order valence-electron chi connectivity index (χ1n) is 8.90. The lowest BCUT2D eigenvalue weighted by molar-refractivity contribution is 0.136. The third-order valence-electron chi connectivity index (χ3n) is 5.30. The molecular formula is C17H19F2N3O5S. The van der Waals surface area contributed by atoms with E-state index < -0.39 is 40.7 Å². The Kier molecular flexibility index (Phi) is 4.86. The van der Waals surface area contributed by atoms with Crippen LogP contribution in [0.25, 0.3) is 0 Å². The molecule has 0 aliphatic carbocycles. The van der Waals surface area contributed by atoms with Gasteiger partial charge in [0.2, 0.25) is 0 Å². The molecular weight excluding hydrogens is 396 g/mol. The molecule has 28 heavy (non-hydrogen) atoms. The van der Waals surface area contributed by atoms with Crippen LogP contribution in [-0.4, -0.2) is 64.3 Å². The van der Waals surface area contributed by atoms with E-state index in [2.05, 4.69) is 5.32 Å². The first-order chi connectivity index (χ1) is 13.3. The lowest BCUT2D eigenvalue weighted by atomic mass is 10.2. The van der Waals surface area contributed by atoms with Gasteiger partial charge in [0.05, 0.1) is 18.8 Å². The molecule has 4 rings (SSSR count). The highest BCUT2D eigenvalue weighted by Gasteiger charge is 2.42. The molecule has 3 heterocycles. The molecule has 2 N–H and O–H groups in total. The molecule has 0 aromatic heterocycles. The Morgan fingerprint density at radius 3 is 2.43 bits per heavy atom. The van der Waals surface area contributed by atoms with Crippen molar-refractivity contribution in [1.82, 2.24) is 5.32 Å². The summed E-state index contributed by atoms with van der Waals surface area (Å²) >= 11 is 0. The molecule has 3 fully saturated rings. The number of anilines is 2. The van der Waals surface area contributed by atoms with E-state index in [4.69, 9.17) is 9.84 Å². The number of hydrogen-bond acceptors (Lipinski definition) is 5. The van der Waals surface area contributed by atoms with E-state index in [1.807, 2.05) is 0 Å². The van der Waals surface area contributed by atoms with Crippen LogP contribution in [0.4, 0.5) is 29.7 Å². The Hall–Kier alpha value is -2.43. The van der Waals surface area contributed by atoms with E-state index >= 15 is 0 Å². The topological polar surface area (TPSA) is 99.2 Å². The lowest BCUT2D eigenvalue weighted by Crippen LogP contribution is -2.48. The van der Waals surface area contributed by atoms with Crippen LogP contribution in [-0.2, 0) is 15.5 Å². The summed E-state index contributed by atoms with van der Waals surface area (Å²) in [5.74, 6) is -0.791. The van der Waals surface area contributed by atoms with Crippen molar-refractivity contribution in [3.63, 3.8) is 0 Å². The van der Waals surface area contributed by atoms with E-state index in [1.54, 1.807) is 4.90 Å². The van der Waals surface area contributed by atoms with Crippen LogP contribution in [0, 0.1) is 11.6 Å². The van der Waals surface area contributed by atoms with Crippen molar-refractivity contribution in [3.8, 4) is 0 Å². The molecule has 3 aliphatic heterocycles. The maximum atomic E-state index is 14.9. The summed E-state index contributed by atoms with van der Waals surface area (Å²) in [6.45, 7) is -0.139. The minimum atomic E-state index is -1.26. The van der Waals surface area contributed by atoms with Crippen LogP contribution in [0.3, 0.4) is 0 Å². The van der Waals surface area contributed by atoms with Crippen molar-refractivity contribution in [3.05, 3.63) is 23.8 Å². The molecule has 1 unspecified atom stereocenters. The summed E-state index contributed by atoms with van der Waals surface area (Å²) in [4.78, 5) is 25.4. The number of rotatable bonds is 4. The zero-order chi connectivity index (χ0) is 20.0. The summed E-state index contributed by atoms with van der Waals surface area (Å²) in [5, 5.41) is 10.7. The third kappa shape index (κ3) is 3.38. The van der Waals surface area contributed by atoms with E-state index in [-0.39, 0.29) is 36.5 Å². The predicted molar refractivity (Wildman–Crippen MR) is 97.2 cm³/mol. The van der Waals surface area contributed by atoms with Crippen molar-refractivity contribution in [2.45, 2.75) is 31.0 Å². The average Bonchev–Trinajstić information content (AvgIpc) is 3.10. The molecule has 0 radical (unpaired) electrons. The van der Waals surface area contributed by atoms with Gasteiger partial charge in [0.15, 0.2) is 11.6 Å². The van der Waals surface area contributed by atoms with Crippen LogP contribution < -0.4 is 15.1 Å². The zero-order valence-corrected chi connectivity index (χ0v) is 15.6. The molecule has 0 saturated carbocycles. The Balaban J connectivity index is 1.56. The first-order valence-corrected chi connectivity index (χ1v) is 10.4. The van der Waals surface area contributed by atoms with Gasteiger partial charge < -0.3 is 20.1 Å². The van der Waals surface area contributed by atoms with Gasteiger partial charge in [-0.3, -0.25) is 9.11 Å². The molecule has 11 heteroatoms. The van der Waals surface area contributed by atoms with Crippen LogP contribution in [0.5, 0.6) is 0 Å². The fraction of sp³-hybridized carbons (Fsp3) is 0.529. The quantitative estimate of drug-likeness (QED) is 0.776. The highest BCUT2D eigenvalue weighted by atomic mass is 32.2. The molecule has 3 saturated heterocycles. The molecule has 152 valence electrons. The van der Waals surface area contributed by atoms with Crippen LogP contribution in [0.2, 0.25) is 0 Å². The standard InChI is InChI=1S/C17H19F2N3O5S/c18-13-3-11(21-6-12(27-17(21)25)5-20-16(23)24)4-14(19)15(13)22-9-1-2-10(22)8-28(26)7-9/h3-4,9-10,12,20H,1-2,5-8H2,(H,23,24)/t9-,10+,12-,28?/m0/s1. The molecule has 4 atom stereocenters. The van der Waals surface area contributed by atoms with Crippen LogP contribution in [0.1, 0.15) is 12.8 Å². The van der Waals surface area contributed by atoms with Gasteiger partial charge in [-0.1, -0.05) is 0 Å². The van der Waals surface area contributed by atoms with Gasteiger partial charge >= 0.3 is 12.2 Å². The number of carboxylic acid groups (broad SMARTS) is 1. The van der Waals surface area contributed by atoms with Gasteiger partial charge in [-0.25, -0.2) is 18.4 Å². The SMILES string of the molecule is O=C(O)NC[C@H]1CN(c2cc(F)c(N3[C@@H]4CC[C@H]3CS(=O)C4)c(F)c2)C(=O)O1. The van der Waals surface area contributed by atoms with E-state index in [1.165, 1.54) is 0 Å². The van der Waals surface area contributed by atoms with Crippen molar-refractivity contribution in [2.24, 2.45) is 0 Å². The third-order valence-corrected chi connectivity index (χ3v) is 6.82. The zero-order valence-electron chi connectivity index (χ0n) is 14.8. The maximum absolute atomic E-state index is 14.9. The number of nitrogens with one attached hydrogen (secondary N) is 1. The van der Waals surface area contributed by atoms with E-state index in [0.717, 1.165) is 29.9 Å². The smallest absolute Gasteiger partial charge is 0.414 e. The predicted octanol–water partition coefficient (Wildman–Crippen LogP) is 1.66. The van der Waals surface area contributed by atoms with Gasteiger partial charge in [0.25, 0.3) is 0 Å². The summed E-state index contributed by atoms with van der Waals surface area (Å²) in [7, 11) is -0.970. The minimum Gasteiger partial charge on any atom is -0.465 e. The number of hydrogen-bond donors (Lipinski definition) is 2. The number of cyclic esters (lactones) is 1. The molecule has 8 nitrogen and oxygen atoms in total. The van der Waals surface area contributed by atoms with Crippen LogP contribution >= 0.6 is 0 Å². The summed E-state index contributed by atoms with van der Waals surface area (Å²) in [5.41, 5.74) is -0.140. The number of carbonyl (C=O) groups excluding carboxylic acids is 1. The molecule has 1 aromatic carbocycles. The van der Waals surface area contributed by atoms with Crippen molar-refractivity contribution >= 4 is 34.4 Å². The summed E-state index contributed by atoms with van der Waals surface area (Å²) in [6, 6.07) is 1.85. The van der Waals surface area contributed by atoms with Crippen molar-refractivity contribution in [2.75, 3.05) is 34.4 Å². The Morgan fingerprint density at radius 2 is 1.86 bits per heavy atom. The highest BCUT2D eigenvalue weighted by molar-refractivity contribution is 7.85. The molecule has 3 aliphatic rings. The van der Waals surface area contributed by atoms with Gasteiger partial charge in [0.1, 0.15) is 11.8 Å². The second kappa shape index (κ2) is 7.19. The Bertz CT molecular complexity index is 815. The number of fused-ring (bicyclic) bond motifs is 2. The van der Waals surface area contributed by atoms with Gasteiger partial charge in [-0.2, -0.15) is 0 Å². The summed E-state index contributed by atoms with van der Waals surface area (Å²) < 4.78 is 46.6. The number of nitrogens with zero attached hydrogens (tertiary/aromatic N) is 2. The van der Waals surface area contributed by atoms with Crippen molar-refractivity contribution in [1.29, 1.82) is 0 Å². The Morgan fingerprint density at radius 1 is 1.25 bits per heavy atom.